The molecule has 0 aromatic heterocycles. The number of likely N-dealkylation sites (tertiary alicyclic amines) is 1. The zero-order chi connectivity index (χ0) is 18.1. The SMILES string of the molecule is Cc1cc(C2CN(c3ccccc3)C2)cc(C)c1CN1CCC(C)CC1. The molecule has 0 amide bonds. The maximum absolute atomic E-state index is 2.65. The molecule has 2 heterocycles. The number of nitrogens with zero attached hydrogens (tertiary/aromatic N) is 2. The zero-order valence-corrected chi connectivity index (χ0v) is 16.5. The van der Waals surface area contributed by atoms with Gasteiger partial charge in [-0.25, -0.2) is 0 Å². The summed E-state index contributed by atoms with van der Waals surface area (Å²) in [6.07, 6.45) is 2.71. The van der Waals surface area contributed by atoms with Gasteiger partial charge in [0.2, 0.25) is 0 Å². The first-order valence-electron chi connectivity index (χ1n) is 10.2. The van der Waals surface area contributed by atoms with Crippen molar-refractivity contribution in [1.82, 2.24) is 4.90 Å². The van der Waals surface area contributed by atoms with Gasteiger partial charge in [0.15, 0.2) is 0 Å². The van der Waals surface area contributed by atoms with E-state index < -0.39 is 0 Å². The van der Waals surface area contributed by atoms with Crippen LogP contribution < -0.4 is 4.90 Å². The molecule has 0 spiro atoms. The minimum absolute atomic E-state index is 0.678. The Balaban J connectivity index is 1.42. The van der Waals surface area contributed by atoms with Crippen molar-refractivity contribution in [3.05, 3.63) is 64.7 Å². The molecule has 2 heteroatoms. The van der Waals surface area contributed by atoms with Crippen LogP contribution in [0.25, 0.3) is 0 Å². The van der Waals surface area contributed by atoms with Gasteiger partial charge in [-0.3, -0.25) is 4.90 Å². The maximum atomic E-state index is 2.65. The molecule has 0 aliphatic carbocycles. The molecular weight excluding hydrogens is 316 g/mol. The first-order valence-corrected chi connectivity index (χ1v) is 10.2. The lowest BCUT2D eigenvalue weighted by Crippen LogP contribution is -2.45. The second kappa shape index (κ2) is 7.44. The standard InChI is InChI=1S/C24H32N2/c1-18-9-11-25(12-10-18)17-24-19(2)13-21(14-20(24)3)22-15-26(16-22)23-7-5-4-6-8-23/h4-8,13-14,18,22H,9-12,15-17H2,1-3H3. The molecule has 138 valence electrons. The van der Waals surface area contributed by atoms with Gasteiger partial charge in [0.05, 0.1) is 0 Å². The van der Waals surface area contributed by atoms with E-state index in [1.54, 1.807) is 5.56 Å². The summed E-state index contributed by atoms with van der Waals surface area (Å²) in [5.41, 5.74) is 7.41. The van der Waals surface area contributed by atoms with Gasteiger partial charge in [-0.1, -0.05) is 37.3 Å². The molecule has 0 saturated carbocycles. The summed E-state index contributed by atoms with van der Waals surface area (Å²) in [6, 6.07) is 15.7. The van der Waals surface area contributed by atoms with E-state index in [1.165, 1.54) is 48.3 Å². The number of rotatable bonds is 4. The number of anilines is 1. The molecule has 0 N–H and O–H groups in total. The molecule has 2 saturated heterocycles. The van der Waals surface area contributed by atoms with Gasteiger partial charge in [-0.15, -0.1) is 0 Å². The van der Waals surface area contributed by atoms with Gasteiger partial charge in [0.25, 0.3) is 0 Å². The van der Waals surface area contributed by atoms with E-state index in [4.69, 9.17) is 0 Å². The van der Waals surface area contributed by atoms with Crippen molar-refractivity contribution in [2.45, 2.75) is 46.1 Å². The van der Waals surface area contributed by atoms with Crippen LogP contribution >= 0.6 is 0 Å². The van der Waals surface area contributed by atoms with E-state index >= 15 is 0 Å². The summed E-state index contributed by atoms with van der Waals surface area (Å²) in [6.45, 7) is 13.0. The molecular formula is C24H32N2. The fraction of sp³-hybridized carbons (Fsp3) is 0.500. The lowest BCUT2D eigenvalue weighted by atomic mass is 9.87. The van der Waals surface area contributed by atoms with Gasteiger partial charge >= 0.3 is 0 Å². The van der Waals surface area contributed by atoms with Crippen molar-refractivity contribution in [3.8, 4) is 0 Å². The molecule has 0 atom stereocenters. The molecule has 0 radical (unpaired) electrons. The highest BCUT2D eigenvalue weighted by molar-refractivity contribution is 5.51. The highest BCUT2D eigenvalue weighted by atomic mass is 15.2. The van der Waals surface area contributed by atoms with Crippen molar-refractivity contribution in [2.24, 2.45) is 5.92 Å². The van der Waals surface area contributed by atoms with Crippen LogP contribution in [0.1, 0.15) is 47.9 Å². The minimum atomic E-state index is 0.678. The van der Waals surface area contributed by atoms with Gasteiger partial charge in [-0.2, -0.15) is 0 Å². The number of aryl methyl sites for hydroxylation is 2. The number of para-hydroxylation sites is 1. The summed E-state index contributed by atoms with van der Waals surface area (Å²) < 4.78 is 0. The van der Waals surface area contributed by atoms with Gasteiger partial charge < -0.3 is 4.90 Å². The van der Waals surface area contributed by atoms with Crippen LogP contribution in [0.2, 0.25) is 0 Å². The molecule has 2 aromatic carbocycles. The molecule has 0 unspecified atom stereocenters. The zero-order valence-electron chi connectivity index (χ0n) is 16.5. The highest BCUT2D eigenvalue weighted by Crippen LogP contribution is 2.33. The van der Waals surface area contributed by atoms with Crippen LogP contribution in [0.15, 0.2) is 42.5 Å². The quantitative estimate of drug-likeness (QED) is 0.755. The summed E-state index contributed by atoms with van der Waals surface area (Å²) in [5.74, 6) is 1.58. The number of hydrogen-bond acceptors (Lipinski definition) is 2. The normalized spacial score (nSPS) is 19.6. The van der Waals surface area contributed by atoms with Crippen LogP contribution in [-0.4, -0.2) is 31.1 Å². The number of hydrogen-bond donors (Lipinski definition) is 0. The van der Waals surface area contributed by atoms with Crippen LogP contribution in [-0.2, 0) is 6.54 Å². The Kier molecular flexibility index (Phi) is 5.04. The second-order valence-electron chi connectivity index (χ2n) is 8.53. The molecule has 26 heavy (non-hydrogen) atoms. The van der Waals surface area contributed by atoms with Crippen molar-refractivity contribution < 1.29 is 0 Å². The average Bonchev–Trinajstić information content (AvgIpc) is 2.59. The Morgan fingerprint density at radius 1 is 0.923 bits per heavy atom. The fourth-order valence-corrected chi connectivity index (χ4v) is 4.49. The third-order valence-electron chi connectivity index (χ3n) is 6.45. The van der Waals surface area contributed by atoms with Crippen LogP contribution in [0.4, 0.5) is 5.69 Å². The third-order valence-corrected chi connectivity index (χ3v) is 6.45. The lowest BCUT2D eigenvalue weighted by Gasteiger charge is -2.42. The number of benzene rings is 2. The van der Waals surface area contributed by atoms with Crippen molar-refractivity contribution in [1.29, 1.82) is 0 Å². The van der Waals surface area contributed by atoms with E-state index in [0.29, 0.717) is 5.92 Å². The number of piperidine rings is 1. The molecule has 2 aliphatic rings. The second-order valence-corrected chi connectivity index (χ2v) is 8.53. The Morgan fingerprint density at radius 2 is 1.54 bits per heavy atom. The van der Waals surface area contributed by atoms with Crippen LogP contribution in [0.5, 0.6) is 0 Å². The van der Waals surface area contributed by atoms with Crippen LogP contribution in [0.3, 0.4) is 0 Å². The molecule has 4 rings (SSSR count). The van der Waals surface area contributed by atoms with E-state index in [-0.39, 0.29) is 0 Å². The van der Waals surface area contributed by atoms with Gasteiger partial charge in [0, 0.05) is 31.2 Å². The third kappa shape index (κ3) is 3.66. The molecule has 2 fully saturated rings. The molecule has 0 bridgehead atoms. The van der Waals surface area contributed by atoms with E-state index in [2.05, 4.69) is 73.0 Å². The van der Waals surface area contributed by atoms with Crippen molar-refractivity contribution in [2.75, 3.05) is 31.1 Å². The first kappa shape index (κ1) is 17.6. The summed E-state index contributed by atoms with van der Waals surface area (Å²) in [5, 5.41) is 0. The Hall–Kier alpha value is -1.80. The fourth-order valence-electron chi connectivity index (χ4n) is 4.49. The van der Waals surface area contributed by atoms with E-state index in [1.807, 2.05) is 0 Å². The molecule has 2 aliphatic heterocycles. The Morgan fingerprint density at radius 3 is 2.15 bits per heavy atom. The first-order chi connectivity index (χ1) is 12.6. The van der Waals surface area contributed by atoms with Crippen LogP contribution in [0, 0.1) is 19.8 Å². The smallest absolute Gasteiger partial charge is 0.0366 e. The van der Waals surface area contributed by atoms with Crippen molar-refractivity contribution in [3.63, 3.8) is 0 Å². The van der Waals surface area contributed by atoms with E-state index in [0.717, 1.165) is 25.6 Å². The topological polar surface area (TPSA) is 6.48 Å². The largest absolute Gasteiger partial charge is 0.370 e. The molecule has 2 aromatic rings. The van der Waals surface area contributed by atoms with E-state index in [9.17, 15) is 0 Å². The van der Waals surface area contributed by atoms with Crippen molar-refractivity contribution >= 4 is 5.69 Å². The predicted octanol–water partition coefficient (Wildman–Crippen LogP) is 5.14. The minimum Gasteiger partial charge on any atom is -0.370 e. The van der Waals surface area contributed by atoms with Gasteiger partial charge in [-0.05, 0) is 80.1 Å². The van der Waals surface area contributed by atoms with Gasteiger partial charge in [0.1, 0.15) is 0 Å². The molecule has 2 nitrogen and oxygen atoms in total. The lowest BCUT2D eigenvalue weighted by molar-refractivity contribution is 0.184. The maximum Gasteiger partial charge on any atom is 0.0366 e. The predicted molar refractivity (Wildman–Crippen MR) is 111 cm³/mol. The highest BCUT2D eigenvalue weighted by Gasteiger charge is 2.29. The Labute approximate surface area is 158 Å². The average molecular weight is 349 g/mol. The Bertz CT molecular complexity index is 715. The summed E-state index contributed by atoms with van der Waals surface area (Å²) in [4.78, 5) is 5.13. The summed E-state index contributed by atoms with van der Waals surface area (Å²) >= 11 is 0. The monoisotopic (exact) mass is 348 g/mol. The summed E-state index contributed by atoms with van der Waals surface area (Å²) in [7, 11) is 0.